The van der Waals surface area contributed by atoms with Crippen molar-refractivity contribution in [3.05, 3.63) is 44.7 Å². The Bertz CT molecular complexity index is 833. The van der Waals surface area contributed by atoms with E-state index >= 15 is 0 Å². The molecule has 2 unspecified atom stereocenters. The van der Waals surface area contributed by atoms with E-state index in [0.29, 0.717) is 10.6 Å². The number of hydrogen-bond donors (Lipinski definition) is 2. The molecule has 0 saturated heterocycles. The van der Waals surface area contributed by atoms with Gasteiger partial charge in [0.15, 0.2) is 10.6 Å². The second-order valence-corrected chi connectivity index (χ2v) is 7.44. The van der Waals surface area contributed by atoms with Crippen LogP contribution in [0.25, 0.3) is 10.7 Å². The van der Waals surface area contributed by atoms with Crippen LogP contribution in [0.15, 0.2) is 35.0 Å². The minimum Gasteiger partial charge on any atom is -0.347 e. The number of nitrogens with one attached hydrogen (secondary N) is 2. The molecule has 0 saturated carbocycles. The van der Waals surface area contributed by atoms with Gasteiger partial charge in [0.05, 0.1) is 10.9 Å². The van der Waals surface area contributed by atoms with E-state index in [-0.39, 0.29) is 11.9 Å². The third kappa shape index (κ3) is 3.29. The first-order valence-corrected chi connectivity index (χ1v) is 9.29. The fraction of sp³-hybridized carbons (Fsp3) is 0.267. The molecule has 1 amide bonds. The van der Waals surface area contributed by atoms with E-state index in [1.807, 2.05) is 48.9 Å². The molecule has 0 bridgehead atoms. The van der Waals surface area contributed by atoms with Crippen LogP contribution >= 0.6 is 34.9 Å². The zero-order valence-corrected chi connectivity index (χ0v) is 15.1. The molecule has 0 spiro atoms. The topological polar surface area (TPSA) is 62.7 Å². The molecule has 0 aliphatic rings. The average Bonchev–Trinajstić information content (AvgIpc) is 3.27. The molecular formula is C15H16N4OS3. The summed E-state index contributed by atoms with van der Waals surface area (Å²) < 4.78 is 2.21. The van der Waals surface area contributed by atoms with E-state index in [9.17, 15) is 4.79 Å². The minimum atomic E-state index is -0.444. The van der Waals surface area contributed by atoms with Crippen molar-refractivity contribution in [1.29, 1.82) is 0 Å². The highest BCUT2D eigenvalue weighted by molar-refractivity contribution is 7.71. The van der Waals surface area contributed by atoms with Crippen LogP contribution in [0.1, 0.15) is 30.8 Å². The van der Waals surface area contributed by atoms with Crippen LogP contribution in [0.3, 0.4) is 0 Å². The summed E-state index contributed by atoms with van der Waals surface area (Å²) in [6.45, 7) is 3.81. The Balaban J connectivity index is 1.83. The number of rotatable bonds is 5. The van der Waals surface area contributed by atoms with Crippen molar-refractivity contribution >= 4 is 40.8 Å². The molecule has 3 rings (SSSR count). The maximum atomic E-state index is 12.6. The lowest BCUT2D eigenvalue weighted by molar-refractivity contribution is -0.124. The number of carbonyl (C=O) groups excluding carboxylic acids is 1. The zero-order valence-electron chi connectivity index (χ0n) is 12.6. The van der Waals surface area contributed by atoms with Crippen LogP contribution in [-0.2, 0) is 4.79 Å². The van der Waals surface area contributed by atoms with Crippen LogP contribution < -0.4 is 5.32 Å². The fourth-order valence-corrected chi connectivity index (χ4v) is 4.04. The second-order valence-electron chi connectivity index (χ2n) is 5.12. The molecule has 0 aliphatic heterocycles. The van der Waals surface area contributed by atoms with Crippen molar-refractivity contribution < 1.29 is 4.79 Å². The summed E-state index contributed by atoms with van der Waals surface area (Å²) in [5.41, 5.74) is 0. The Hall–Kier alpha value is -1.77. The maximum Gasteiger partial charge on any atom is 0.243 e. The van der Waals surface area contributed by atoms with Gasteiger partial charge in [-0.15, -0.1) is 22.7 Å². The summed E-state index contributed by atoms with van der Waals surface area (Å²) in [7, 11) is 0. The Morgan fingerprint density at radius 1 is 1.30 bits per heavy atom. The van der Waals surface area contributed by atoms with E-state index in [1.165, 1.54) is 0 Å². The first kappa shape index (κ1) is 16.1. The first-order chi connectivity index (χ1) is 11.1. The minimum absolute atomic E-state index is 0.0313. The molecule has 3 heterocycles. The summed E-state index contributed by atoms with van der Waals surface area (Å²) in [6.07, 6.45) is 0. The number of aromatic amines is 1. The highest BCUT2D eigenvalue weighted by Gasteiger charge is 2.22. The number of aromatic nitrogens is 3. The molecule has 0 aliphatic carbocycles. The predicted molar refractivity (Wildman–Crippen MR) is 96.3 cm³/mol. The van der Waals surface area contributed by atoms with Crippen molar-refractivity contribution in [3.63, 3.8) is 0 Å². The van der Waals surface area contributed by atoms with E-state index in [0.717, 1.165) is 9.75 Å². The van der Waals surface area contributed by atoms with Gasteiger partial charge in [-0.05, 0) is 49.0 Å². The Kier molecular flexibility index (Phi) is 4.74. The van der Waals surface area contributed by atoms with E-state index in [2.05, 4.69) is 15.5 Å². The largest absolute Gasteiger partial charge is 0.347 e. The monoisotopic (exact) mass is 364 g/mol. The van der Waals surface area contributed by atoms with Crippen molar-refractivity contribution in [2.75, 3.05) is 0 Å². The Labute approximate surface area is 147 Å². The summed E-state index contributed by atoms with van der Waals surface area (Å²) in [5, 5.41) is 14.1. The first-order valence-electron chi connectivity index (χ1n) is 7.12. The summed E-state index contributed by atoms with van der Waals surface area (Å²) in [6, 6.07) is 7.43. The summed E-state index contributed by atoms with van der Waals surface area (Å²) in [4.78, 5) is 14.7. The molecule has 5 nitrogen and oxygen atoms in total. The lowest BCUT2D eigenvalue weighted by atomic mass is 10.2. The number of amides is 1. The maximum absolute atomic E-state index is 12.6. The van der Waals surface area contributed by atoms with Gasteiger partial charge in [-0.3, -0.25) is 14.5 Å². The van der Waals surface area contributed by atoms with Gasteiger partial charge in [-0.2, -0.15) is 5.10 Å². The molecule has 8 heteroatoms. The molecule has 0 fully saturated rings. The van der Waals surface area contributed by atoms with Crippen LogP contribution in [0.5, 0.6) is 0 Å². The molecule has 3 aromatic rings. The molecule has 2 N–H and O–H groups in total. The van der Waals surface area contributed by atoms with E-state index < -0.39 is 6.04 Å². The third-order valence-electron chi connectivity index (χ3n) is 3.54. The van der Waals surface area contributed by atoms with E-state index in [1.54, 1.807) is 27.2 Å². The van der Waals surface area contributed by atoms with Gasteiger partial charge >= 0.3 is 0 Å². The van der Waals surface area contributed by atoms with Gasteiger partial charge < -0.3 is 5.32 Å². The van der Waals surface area contributed by atoms with Crippen molar-refractivity contribution in [2.45, 2.75) is 25.9 Å². The van der Waals surface area contributed by atoms with Gasteiger partial charge in [-0.1, -0.05) is 12.1 Å². The standard InChI is InChI=1S/C15H16N4OS3/c1-9(11-5-3-7-22-11)16-14(20)10(2)19-13(17-18-15(19)21)12-6-4-8-23-12/h3-10H,1-2H3,(H,16,20)(H,18,21). The molecule has 23 heavy (non-hydrogen) atoms. The summed E-state index contributed by atoms with van der Waals surface area (Å²) >= 11 is 8.50. The number of thiophene rings is 2. The Morgan fingerprint density at radius 2 is 2.04 bits per heavy atom. The SMILES string of the molecule is CC(NC(=O)C(C)n1c(-c2cccs2)n[nH]c1=S)c1cccs1. The number of H-pyrrole nitrogens is 1. The fourth-order valence-electron chi connectivity index (χ4n) is 2.30. The van der Waals surface area contributed by atoms with Crippen LogP contribution in [0.2, 0.25) is 0 Å². The quantitative estimate of drug-likeness (QED) is 0.668. The van der Waals surface area contributed by atoms with Gasteiger partial charge in [0.2, 0.25) is 5.91 Å². The molecule has 0 aromatic carbocycles. The van der Waals surface area contributed by atoms with Crippen molar-refractivity contribution in [3.8, 4) is 10.7 Å². The number of nitrogens with zero attached hydrogens (tertiary/aromatic N) is 2. The zero-order chi connectivity index (χ0) is 16.4. The normalized spacial score (nSPS) is 13.7. The lowest BCUT2D eigenvalue weighted by Crippen LogP contribution is -2.33. The highest BCUT2D eigenvalue weighted by atomic mass is 32.1. The molecule has 0 radical (unpaired) electrons. The lowest BCUT2D eigenvalue weighted by Gasteiger charge is -2.18. The molecule has 3 aromatic heterocycles. The van der Waals surface area contributed by atoms with Gasteiger partial charge in [0.25, 0.3) is 0 Å². The van der Waals surface area contributed by atoms with Crippen molar-refractivity contribution in [2.24, 2.45) is 0 Å². The third-order valence-corrected chi connectivity index (χ3v) is 5.75. The molecular weight excluding hydrogens is 348 g/mol. The summed E-state index contributed by atoms with van der Waals surface area (Å²) in [5.74, 6) is 0.609. The Morgan fingerprint density at radius 3 is 2.70 bits per heavy atom. The average molecular weight is 365 g/mol. The van der Waals surface area contributed by atoms with Crippen molar-refractivity contribution in [1.82, 2.24) is 20.1 Å². The predicted octanol–water partition coefficient (Wildman–Crippen LogP) is 4.17. The van der Waals surface area contributed by atoms with Gasteiger partial charge in [0, 0.05) is 4.88 Å². The van der Waals surface area contributed by atoms with E-state index in [4.69, 9.17) is 12.2 Å². The number of carbonyl (C=O) groups is 1. The highest BCUT2D eigenvalue weighted by Crippen LogP contribution is 2.26. The van der Waals surface area contributed by atoms with Crippen LogP contribution in [-0.4, -0.2) is 20.7 Å². The van der Waals surface area contributed by atoms with Crippen LogP contribution in [0, 0.1) is 4.77 Å². The van der Waals surface area contributed by atoms with Gasteiger partial charge in [0.1, 0.15) is 6.04 Å². The molecule has 120 valence electrons. The second kappa shape index (κ2) is 6.77. The van der Waals surface area contributed by atoms with Crippen LogP contribution in [0.4, 0.5) is 0 Å². The molecule has 2 atom stereocenters. The number of hydrogen-bond acceptors (Lipinski definition) is 5. The smallest absolute Gasteiger partial charge is 0.243 e. The van der Waals surface area contributed by atoms with Gasteiger partial charge in [-0.25, -0.2) is 0 Å².